The van der Waals surface area contributed by atoms with E-state index >= 15 is 0 Å². The molecule has 0 spiro atoms. The molecule has 6 heteroatoms. The number of nitrogens with zero attached hydrogens (tertiary/aromatic N) is 4. The maximum atomic E-state index is 5.83. The quantitative estimate of drug-likeness (QED) is 0.172. The molecule has 1 aliphatic rings. The van der Waals surface area contributed by atoms with Gasteiger partial charge in [0, 0.05) is 62.7 Å². The highest BCUT2D eigenvalue weighted by atomic mass is 32.1. The second-order valence-electron chi connectivity index (χ2n) is 18.5. The number of thiophene rings is 2. The Balaban J connectivity index is 1.02. The molecule has 0 fully saturated rings. The SMILES string of the molecule is CC1CC=Cc2sc3ccc(-c4nc(-n5c6cc(-c7ccc8c9ccccc9n(-c9ccccc9)c8c7)ccc6c6ccc7ccccc7c65)nc5ccc6cc(-c7ccccc7)sc6c45)cc3c21. The molecular weight excluding hydrogens is 877 g/mol. The average molecular weight is 917 g/mol. The topological polar surface area (TPSA) is 35.6 Å². The van der Waals surface area contributed by atoms with Crippen LogP contribution in [-0.4, -0.2) is 19.1 Å². The van der Waals surface area contributed by atoms with Crippen LogP contribution in [0, 0.1) is 0 Å². The van der Waals surface area contributed by atoms with Crippen LogP contribution in [0.1, 0.15) is 29.7 Å². The van der Waals surface area contributed by atoms with Gasteiger partial charge in [0.2, 0.25) is 5.95 Å². The Morgan fingerprint density at radius 2 is 1.17 bits per heavy atom. The van der Waals surface area contributed by atoms with Crippen molar-refractivity contribution in [2.75, 3.05) is 0 Å². The number of allylic oxidation sites excluding steroid dienone is 1. The summed E-state index contributed by atoms with van der Waals surface area (Å²) in [7, 11) is 0. The van der Waals surface area contributed by atoms with Crippen molar-refractivity contribution in [3.63, 3.8) is 0 Å². The molecule has 0 saturated carbocycles. The Hall–Kier alpha value is -8.16. The summed E-state index contributed by atoms with van der Waals surface area (Å²) in [5.74, 6) is 1.11. The van der Waals surface area contributed by atoms with Gasteiger partial charge in [-0.05, 0) is 111 Å². The number of fused-ring (bicyclic) bond motifs is 14. The first-order valence-electron chi connectivity index (χ1n) is 23.7. The smallest absolute Gasteiger partial charge is 0.235 e. The normalized spacial score (nSPS) is 13.9. The lowest BCUT2D eigenvalue weighted by molar-refractivity contribution is 0.783. The maximum Gasteiger partial charge on any atom is 0.235 e. The van der Waals surface area contributed by atoms with E-state index in [-0.39, 0.29) is 0 Å². The molecule has 324 valence electrons. The first-order chi connectivity index (χ1) is 34.1. The summed E-state index contributed by atoms with van der Waals surface area (Å²) < 4.78 is 7.27. The molecule has 1 unspecified atom stereocenters. The highest BCUT2D eigenvalue weighted by molar-refractivity contribution is 7.23. The van der Waals surface area contributed by atoms with E-state index in [4.69, 9.17) is 9.97 Å². The zero-order valence-electron chi connectivity index (χ0n) is 37.5. The van der Waals surface area contributed by atoms with Gasteiger partial charge in [-0.15, -0.1) is 22.7 Å². The van der Waals surface area contributed by atoms with Crippen LogP contribution < -0.4 is 0 Å². The summed E-state index contributed by atoms with van der Waals surface area (Å²) in [4.78, 5) is 14.1. The van der Waals surface area contributed by atoms with Gasteiger partial charge in [-0.3, -0.25) is 4.57 Å². The van der Waals surface area contributed by atoms with Gasteiger partial charge in [0.15, 0.2) is 0 Å². The van der Waals surface area contributed by atoms with Crippen molar-refractivity contribution in [3.05, 3.63) is 211 Å². The second-order valence-corrected chi connectivity index (χ2v) is 20.7. The number of para-hydroxylation sites is 2. The fourth-order valence-corrected chi connectivity index (χ4v) is 13.8. The third-order valence-electron chi connectivity index (χ3n) is 14.5. The van der Waals surface area contributed by atoms with E-state index in [0.29, 0.717) is 11.9 Å². The Morgan fingerprint density at radius 1 is 0.493 bits per heavy atom. The largest absolute Gasteiger partial charge is 0.309 e. The molecular formula is C63H40N4S2. The van der Waals surface area contributed by atoms with Crippen molar-refractivity contribution < 1.29 is 0 Å². The fourth-order valence-electron chi connectivity index (χ4n) is 11.3. The molecule has 0 N–H and O–H groups in total. The van der Waals surface area contributed by atoms with E-state index in [1.165, 1.54) is 84.4 Å². The molecule has 1 aliphatic carbocycles. The first kappa shape index (κ1) is 38.9. The van der Waals surface area contributed by atoms with Gasteiger partial charge >= 0.3 is 0 Å². The van der Waals surface area contributed by atoms with Gasteiger partial charge in [-0.2, -0.15) is 0 Å². The monoisotopic (exact) mass is 916 g/mol. The molecule has 15 rings (SSSR count). The van der Waals surface area contributed by atoms with E-state index in [9.17, 15) is 0 Å². The fraction of sp³-hybridized carbons (Fsp3) is 0.0476. The van der Waals surface area contributed by atoms with Crippen molar-refractivity contribution in [1.82, 2.24) is 19.1 Å². The summed E-state index contributed by atoms with van der Waals surface area (Å²) in [5, 5.41) is 10.8. The Bertz CT molecular complexity index is 4470. The number of rotatable bonds is 5. The lowest BCUT2D eigenvalue weighted by atomic mass is 9.90. The summed E-state index contributed by atoms with van der Waals surface area (Å²) in [6.07, 6.45) is 5.70. The summed E-state index contributed by atoms with van der Waals surface area (Å²) in [6, 6.07) is 71.2. The molecule has 4 nitrogen and oxygen atoms in total. The van der Waals surface area contributed by atoms with Gasteiger partial charge in [0.05, 0.1) is 33.3 Å². The highest BCUT2D eigenvalue weighted by Gasteiger charge is 2.24. The number of hydrogen-bond acceptors (Lipinski definition) is 4. The van der Waals surface area contributed by atoms with Crippen LogP contribution in [0.3, 0.4) is 0 Å². The van der Waals surface area contributed by atoms with Crippen molar-refractivity contribution in [2.24, 2.45) is 0 Å². The zero-order chi connectivity index (χ0) is 45.3. The van der Waals surface area contributed by atoms with Crippen LogP contribution in [0.5, 0.6) is 0 Å². The predicted molar refractivity (Wildman–Crippen MR) is 295 cm³/mol. The summed E-state index contributed by atoms with van der Waals surface area (Å²) in [5.41, 5.74) is 13.6. The molecule has 0 aliphatic heterocycles. The van der Waals surface area contributed by atoms with E-state index < -0.39 is 0 Å². The lowest BCUT2D eigenvalue weighted by Crippen LogP contribution is -2.04. The molecule has 0 saturated heterocycles. The standard InChI is InChI=1S/C63H40N4S2/c1-37-13-12-22-56-58(37)50-33-42(27-32-55(50)68-56)60-59-51(31-26-43-36-57(69-62(43)59)39-15-4-2-5-16-39)64-63(65-60)67-54-35-41(25-29-48(54)49-30-23-38-14-8-9-19-45(38)61(49)67)40-24-28-47-46-20-10-11-21-52(46)66(53(47)34-40)44-17-6-3-7-18-44/h2-12,14-37H,13H2,1H3. The predicted octanol–water partition coefficient (Wildman–Crippen LogP) is 17.9. The molecule has 0 radical (unpaired) electrons. The number of hydrogen-bond donors (Lipinski definition) is 0. The molecule has 5 aromatic heterocycles. The lowest BCUT2D eigenvalue weighted by Gasteiger charge is -2.15. The molecule has 9 aromatic carbocycles. The molecule has 69 heavy (non-hydrogen) atoms. The van der Waals surface area contributed by atoms with Gasteiger partial charge in [-0.1, -0.05) is 153 Å². The van der Waals surface area contributed by atoms with Crippen LogP contribution in [0.15, 0.2) is 200 Å². The van der Waals surface area contributed by atoms with Crippen LogP contribution in [0.25, 0.3) is 136 Å². The van der Waals surface area contributed by atoms with Gasteiger partial charge in [0.1, 0.15) is 0 Å². The second kappa shape index (κ2) is 14.9. The number of benzene rings is 9. The van der Waals surface area contributed by atoms with Gasteiger partial charge in [-0.25, -0.2) is 9.97 Å². The maximum absolute atomic E-state index is 5.83. The Kier molecular flexibility index (Phi) is 8.41. The van der Waals surface area contributed by atoms with E-state index in [2.05, 4.69) is 222 Å². The summed E-state index contributed by atoms with van der Waals surface area (Å²) >= 11 is 3.73. The minimum absolute atomic E-state index is 0.451. The van der Waals surface area contributed by atoms with E-state index in [0.717, 1.165) is 56.4 Å². The minimum atomic E-state index is 0.451. The molecule has 0 bridgehead atoms. The molecule has 0 amide bonds. The molecule has 14 aromatic rings. The zero-order valence-corrected chi connectivity index (χ0v) is 39.2. The van der Waals surface area contributed by atoms with Gasteiger partial charge < -0.3 is 4.57 Å². The van der Waals surface area contributed by atoms with Crippen LogP contribution in [-0.2, 0) is 0 Å². The Morgan fingerprint density at radius 3 is 2.01 bits per heavy atom. The van der Waals surface area contributed by atoms with Crippen molar-refractivity contribution in [3.8, 4) is 44.5 Å². The van der Waals surface area contributed by atoms with Gasteiger partial charge in [0.25, 0.3) is 0 Å². The third kappa shape index (κ3) is 5.86. The van der Waals surface area contributed by atoms with Crippen LogP contribution in [0.4, 0.5) is 0 Å². The first-order valence-corrected chi connectivity index (χ1v) is 25.3. The molecule has 1 atom stereocenters. The average Bonchev–Trinajstić information content (AvgIpc) is 4.18. The van der Waals surface area contributed by atoms with E-state index in [1.807, 2.05) is 22.7 Å². The van der Waals surface area contributed by atoms with Crippen LogP contribution >= 0.6 is 22.7 Å². The van der Waals surface area contributed by atoms with Crippen molar-refractivity contribution in [2.45, 2.75) is 19.3 Å². The summed E-state index contributed by atoms with van der Waals surface area (Å²) in [6.45, 7) is 2.36. The molecule has 5 heterocycles. The van der Waals surface area contributed by atoms with Crippen molar-refractivity contribution >= 4 is 114 Å². The van der Waals surface area contributed by atoms with Crippen molar-refractivity contribution in [1.29, 1.82) is 0 Å². The van der Waals surface area contributed by atoms with E-state index in [1.54, 1.807) is 0 Å². The van der Waals surface area contributed by atoms with Crippen LogP contribution in [0.2, 0.25) is 0 Å². The highest BCUT2D eigenvalue weighted by Crippen LogP contribution is 2.46. The minimum Gasteiger partial charge on any atom is -0.309 e. The third-order valence-corrected chi connectivity index (χ3v) is 16.9. The Labute approximate surface area is 405 Å². The number of aromatic nitrogens is 4.